The van der Waals surface area contributed by atoms with Crippen molar-refractivity contribution in [3.8, 4) is 0 Å². The van der Waals surface area contributed by atoms with Gasteiger partial charge >= 0.3 is 0 Å². The molecule has 2 rings (SSSR count). The second-order valence-electron chi connectivity index (χ2n) is 4.11. The molecule has 0 radical (unpaired) electrons. The zero-order chi connectivity index (χ0) is 11.5. The van der Waals surface area contributed by atoms with Crippen LogP contribution in [-0.4, -0.2) is 32.9 Å². The normalized spacial score (nSPS) is 12.9. The molecule has 0 aliphatic heterocycles. The first-order valence-electron chi connectivity index (χ1n) is 5.37. The summed E-state index contributed by atoms with van der Waals surface area (Å²) in [5, 5.41) is 16.3. The van der Waals surface area contributed by atoms with Crippen LogP contribution in [0, 0.1) is 12.8 Å². The molecule has 0 spiro atoms. The predicted octanol–water partition coefficient (Wildman–Crippen LogP) is 1.08. The van der Waals surface area contributed by atoms with Gasteiger partial charge in [0.2, 0.25) is 5.95 Å². The van der Waals surface area contributed by atoms with Gasteiger partial charge in [0.15, 0.2) is 5.65 Å². The number of nitrogens with zero attached hydrogens (tertiary/aromatic N) is 3. The van der Waals surface area contributed by atoms with Gasteiger partial charge in [0, 0.05) is 19.3 Å². The highest BCUT2D eigenvalue weighted by Crippen LogP contribution is 2.07. The van der Waals surface area contributed by atoms with E-state index in [2.05, 4.69) is 15.4 Å². The van der Waals surface area contributed by atoms with Crippen molar-refractivity contribution in [1.29, 1.82) is 0 Å². The second kappa shape index (κ2) is 4.49. The summed E-state index contributed by atoms with van der Waals surface area (Å²) in [6.45, 7) is 4.83. The van der Waals surface area contributed by atoms with Crippen LogP contribution in [0.1, 0.15) is 12.5 Å². The summed E-state index contributed by atoms with van der Waals surface area (Å²) in [4.78, 5) is 4.34. The molecule has 0 bridgehead atoms. The average Bonchev–Trinajstić information content (AvgIpc) is 2.67. The maximum Gasteiger partial charge on any atom is 0.243 e. The highest BCUT2D eigenvalue weighted by atomic mass is 16.3. The molecule has 0 aliphatic rings. The van der Waals surface area contributed by atoms with E-state index in [1.807, 2.05) is 32.2 Å². The minimum atomic E-state index is 0.166. The molecule has 86 valence electrons. The summed E-state index contributed by atoms with van der Waals surface area (Å²) in [5.74, 6) is 0.805. The van der Waals surface area contributed by atoms with Crippen LogP contribution in [-0.2, 0) is 0 Å². The minimum absolute atomic E-state index is 0.166. The molecule has 16 heavy (non-hydrogen) atoms. The fraction of sp³-hybridized carbons (Fsp3) is 0.455. The molecule has 2 aromatic rings. The summed E-state index contributed by atoms with van der Waals surface area (Å²) in [7, 11) is 0. The first-order valence-corrected chi connectivity index (χ1v) is 5.37. The van der Waals surface area contributed by atoms with E-state index in [0.717, 1.165) is 11.2 Å². The Bertz CT molecular complexity index is 480. The van der Waals surface area contributed by atoms with Crippen molar-refractivity contribution in [2.24, 2.45) is 5.92 Å². The summed E-state index contributed by atoms with van der Waals surface area (Å²) < 4.78 is 1.74. The van der Waals surface area contributed by atoms with Crippen LogP contribution in [0.3, 0.4) is 0 Å². The Morgan fingerprint density at radius 3 is 3.12 bits per heavy atom. The second-order valence-corrected chi connectivity index (χ2v) is 4.11. The number of rotatable bonds is 4. The van der Waals surface area contributed by atoms with Gasteiger partial charge in [0.05, 0.1) is 0 Å². The SMILES string of the molecule is Cc1ccn2nc(NCC(C)CO)nc2c1. The van der Waals surface area contributed by atoms with Crippen LogP contribution in [0.4, 0.5) is 5.95 Å². The monoisotopic (exact) mass is 220 g/mol. The summed E-state index contributed by atoms with van der Waals surface area (Å²) in [5.41, 5.74) is 1.99. The lowest BCUT2D eigenvalue weighted by atomic mass is 10.2. The number of fused-ring (bicyclic) bond motifs is 1. The molecule has 0 amide bonds. The summed E-state index contributed by atoms with van der Waals surface area (Å²) in [6, 6.07) is 3.97. The van der Waals surface area contributed by atoms with Crippen molar-refractivity contribution in [3.63, 3.8) is 0 Å². The predicted molar refractivity (Wildman–Crippen MR) is 62.5 cm³/mol. The molecule has 1 unspecified atom stereocenters. The van der Waals surface area contributed by atoms with Crippen molar-refractivity contribution in [2.75, 3.05) is 18.5 Å². The molecule has 2 heterocycles. The van der Waals surface area contributed by atoms with Crippen molar-refractivity contribution >= 4 is 11.6 Å². The van der Waals surface area contributed by atoms with Gasteiger partial charge < -0.3 is 10.4 Å². The van der Waals surface area contributed by atoms with Crippen LogP contribution in [0.15, 0.2) is 18.3 Å². The molecule has 0 aromatic carbocycles. The van der Waals surface area contributed by atoms with Gasteiger partial charge in [-0.15, -0.1) is 5.10 Å². The minimum Gasteiger partial charge on any atom is -0.396 e. The molecule has 1 atom stereocenters. The summed E-state index contributed by atoms with van der Waals surface area (Å²) >= 11 is 0. The number of pyridine rings is 1. The smallest absolute Gasteiger partial charge is 0.243 e. The number of aromatic nitrogens is 3. The van der Waals surface area contributed by atoms with Gasteiger partial charge in [-0.3, -0.25) is 0 Å². The third-order valence-electron chi connectivity index (χ3n) is 2.41. The molecular formula is C11H16N4O. The van der Waals surface area contributed by atoms with Crippen molar-refractivity contribution < 1.29 is 5.11 Å². The van der Waals surface area contributed by atoms with Gasteiger partial charge in [0.1, 0.15) is 0 Å². The van der Waals surface area contributed by atoms with Crippen LogP contribution >= 0.6 is 0 Å². The van der Waals surface area contributed by atoms with Crippen LogP contribution in [0.5, 0.6) is 0 Å². The van der Waals surface area contributed by atoms with E-state index >= 15 is 0 Å². The first-order chi connectivity index (χ1) is 7.69. The zero-order valence-corrected chi connectivity index (χ0v) is 9.51. The topological polar surface area (TPSA) is 62.5 Å². The quantitative estimate of drug-likeness (QED) is 0.809. The lowest BCUT2D eigenvalue weighted by Crippen LogP contribution is -2.15. The number of aliphatic hydroxyl groups excluding tert-OH is 1. The highest BCUT2D eigenvalue weighted by Gasteiger charge is 2.04. The lowest BCUT2D eigenvalue weighted by Gasteiger charge is -2.06. The van der Waals surface area contributed by atoms with E-state index in [4.69, 9.17) is 5.11 Å². The number of hydrogen-bond acceptors (Lipinski definition) is 4. The molecule has 2 N–H and O–H groups in total. The highest BCUT2D eigenvalue weighted by molar-refractivity contribution is 5.45. The number of hydrogen-bond donors (Lipinski definition) is 2. The standard InChI is InChI=1S/C11H16N4O/c1-8-3-4-15-10(5-8)13-11(14-15)12-6-9(2)7-16/h3-5,9,16H,6-7H2,1-2H3,(H,12,14). The number of aliphatic hydroxyl groups is 1. The molecule has 0 aliphatic carbocycles. The van der Waals surface area contributed by atoms with Gasteiger partial charge in [-0.25, -0.2) is 4.52 Å². The number of anilines is 1. The van der Waals surface area contributed by atoms with Crippen molar-refractivity contribution in [2.45, 2.75) is 13.8 Å². The van der Waals surface area contributed by atoms with Gasteiger partial charge in [-0.2, -0.15) is 4.98 Å². The fourth-order valence-corrected chi connectivity index (χ4v) is 1.39. The Balaban J connectivity index is 2.13. The fourth-order valence-electron chi connectivity index (χ4n) is 1.39. The van der Waals surface area contributed by atoms with Gasteiger partial charge in [-0.05, 0) is 30.5 Å². The van der Waals surface area contributed by atoms with Crippen LogP contribution < -0.4 is 5.32 Å². The lowest BCUT2D eigenvalue weighted by molar-refractivity contribution is 0.244. The Hall–Kier alpha value is -1.62. The third-order valence-corrected chi connectivity index (χ3v) is 2.41. The molecular weight excluding hydrogens is 204 g/mol. The maximum atomic E-state index is 8.90. The largest absolute Gasteiger partial charge is 0.396 e. The number of nitrogens with one attached hydrogen (secondary N) is 1. The molecule has 0 fully saturated rings. The van der Waals surface area contributed by atoms with Crippen molar-refractivity contribution in [3.05, 3.63) is 23.9 Å². The van der Waals surface area contributed by atoms with Crippen LogP contribution in [0.2, 0.25) is 0 Å². The molecule has 5 heteroatoms. The molecule has 0 saturated carbocycles. The van der Waals surface area contributed by atoms with E-state index in [1.54, 1.807) is 4.52 Å². The van der Waals surface area contributed by atoms with Crippen LogP contribution in [0.25, 0.3) is 5.65 Å². The Kier molecular flexibility index (Phi) is 3.05. The first kappa shape index (κ1) is 10.9. The van der Waals surface area contributed by atoms with E-state index in [1.165, 1.54) is 0 Å². The number of aryl methyl sites for hydroxylation is 1. The Labute approximate surface area is 94.1 Å². The summed E-state index contributed by atoms with van der Waals surface area (Å²) in [6.07, 6.45) is 1.89. The average molecular weight is 220 g/mol. The maximum absolute atomic E-state index is 8.90. The third kappa shape index (κ3) is 2.30. The van der Waals surface area contributed by atoms with E-state index < -0.39 is 0 Å². The molecule has 5 nitrogen and oxygen atoms in total. The van der Waals surface area contributed by atoms with Crippen molar-refractivity contribution in [1.82, 2.24) is 14.6 Å². The van der Waals surface area contributed by atoms with Gasteiger partial charge in [-0.1, -0.05) is 6.92 Å². The molecule has 0 saturated heterocycles. The Morgan fingerprint density at radius 1 is 1.56 bits per heavy atom. The zero-order valence-electron chi connectivity index (χ0n) is 9.51. The van der Waals surface area contributed by atoms with E-state index in [0.29, 0.717) is 12.5 Å². The Morgan fingerprint density at radius 2 is 2.38 bits per heavy atom. The van der Waals surface area contributed by atoms with Gasteiger partial charge in [0.25, 0.3) is 0 Å². The van der Waals surface area contributed by atoms with E-state index in [-0.39, 0.29) is 12.5 Å². The molecule has 2 aromatic heterocycles. The van der Waals surface area contributed by atoms with E-state index in [9.17, 15) is 0 Å².